The number of nitrogens with zero attached hydrogens (tertiary/aromatic N) is 2. The van der Waals surface area contributed by atoms with E-state index in [-0.39, 0.29) is 18.0 Å². The minimum absolute atomic E-state index is 0.164. The van der Waals surface area contributed by atoms with E-state index in [0.29, 0.717) is 18.5 Å². The van der Waals surface area contributed by atoms with Crippen LogP contribution in [0.1, 0.15) is 25.7 Å². The van der Waals surface area contributed by atoms with E-state index in [2.05, 4.69) is 15.6 Å². The number of carbonyl (C=O) groups excluding carboxylic acids is 2. The third kappa shape index (κ3) is 4.10. The zero-order valence-corrected chi connectivity index (χ0v) is 14.4. The van der Waals surface area contributed by atoms with Gasteiger partial charge < -0.3 is 20.6 Å². The number of hydrogen-bond donors (Lipinski definition) is 3. The Hall–Kier alpha value is -2.57. The molecule has 0 bridgehead atoms. The highest BCUT2D eigenvalue weighted by atomic mass is 16.3. The lowest BCUT2D eigenvalue weighted by Gasteiger charge is -2.29. The molecule has 1 aromatic rings. The summed E-state index contributed by atoms with van der Waals surface area (Å²) in [5.74, 6) is 0.0541. The highest BCUT2D eigenvalue weighted by Gasteiger charge is 2.32. The van der Waals surface area contributed by atoms with Crippen molar-refractivity contribution in [2.75, 3.05) is 25.5 Å². The molecule has 134 valence electrons. The Balaban J connectivity index is 1.42. The number of carbonyl (C=O) groups is 2. The van der Waals surface area contributed by atoms with Crippen LogP contribution in [-0.2, 0) is 9.59 Å². The minimum atomic E-state index is -0.494. The van der Waals surface area contributed by atoms with Crippen LogP contribution in [0, 0.1) is 5.92 Å². The Kier molecular flexibility index (Phi) is 5.21. The van der Waals surface area contributed by atoms with Gasteiger partial charge in [0, 0.05) is 25.8 Å². The highest BCUT2D eigenvalue weighted by Crippen LogP contribution is 2.26. The molecular formula is C18H24N4O3. The summed E-state index contributed by atoms with van der Waals surface area (Å²) >= 11 is 0. The number of pyridine rings is 1. The van der Waals surface area contributed by atoms with Gasteiger partial charge in [-0.15, -0.1) is 0 Å². The van der Waals surface area contributed by atoms with E-state index in [9.17, 15) is 14.7 Å². The van der Waals surface area contributed by atoms with E-state index in [1.165, 1.54) is 4.90 Å². The van der Waals surface area contributed by atoms with Crippen LogP contribution in [0.2, 0.25) is 0 Å². The van der Waals surface area contributed by atoms with Gasteiger partial charge in [0.05, 0.1) is 12.1 Å². The van der Waals surface area contributed by atoms with E-state index in [1.807, 2.05) is 18.2 Å². The Labute approximate surface area is 147 Å². The molecule has 3 N–H and O–H groups in total. The summed E-state index contributed by atoms with van der Waals surface area (Å²) < 4.78 is 0. The standard InChI is InChI=1S/C18H24N4O3/c1-22-11-14(16(23)18(22)25)17(24)20-10-12-5-7-13(8-6-12)21-15-4-2-3-9-19-15/h2-4,9,12-13,23H,5-8,10-11H2,1H3,(H,19,21)(H,20,24). The average Bonchev–Trinajstić information content (AvgIpc) is 2.89. The van der Waals surface area contributed by atoms with Crippen LogP contribution >= 0.6 is 0 Å². The zero-order chi connectivity index (χ0) is 17.8. The number of aromatic nitrogens is 1. The van der Waals surface area contributed by atoms with Crippen molar-refractivity contribution >= 4 is 17.6 Å². The van der Waals surface area contributed by atoms with Crippen LogP contribution in [0.3, 0.4) is 0 Å². The Bertz CT molecular complexity index is 666. The molecule has 2 amide bonds. The smallest absolute Gasteiger partial charge is 0.289 e. The van der Waals surface area contributed by atoms with Crippen molar-refractivity contribution < 1.29 is 14.7 Å². The molecule has 1 aliphatic carbocycles. The van der Waals surface area contributed by atoms with Crippen molar-refractivity contribution in [3.05, 3.63) is 35.7 Å². The Morgan fingerprint density at radius 1 is 1.32 bits per heavy atom. The van der Waals surface area contributed by atoms with Crippen LogP contribution in [0.4, 0.5) is 5.82 Å². The number of aliphatic hydroxyl groups excluding tert-OH is 1. The lowest BCUT2D eigenvalue weighted by Crippen LogP contribution is -2.35. The first kappa shape index (κ1) is 17.3. The molecule has 3 rings (SSSR count). The third-order valence-corrected chi connectivity index (χ3v) is 4.92. The average molecular weight is 344 g/mol. The first-order valence-electron chi connectivity index (χ1n) is 8.68. The van der Waals surface area contributed by atoms with Gasteiger partial charge in [-0.3, -0.25) is 9.59 Å². The van der Waals surface area contributed by atoms with Gasteiger partial charge in [0.25, 0.3) is 11.8 Å². The van der Waals surface area contributed by atoms with Crippen molar-refractivity contribution in [3.8, 4) is 0 Å². The molecule has 7 nitrogen and oxygen atoms in total. The summed E-state index contributed by atoms with van der Waals surface area (Å²) in [6, 6.07) is 6.24. The van der Waals surface area contributed by atoms with E-state index in [0.717, 1.165) is 31.5 Å². The molecule has 1 aliphatic heterocycles. The fourth-order valence-electron chi connectivity index (χ4n) is 3.38. The van der Waals surface area contributed by atoms with Gasteiger partial charge in [0.2, 0.25) is 0 Å². The molecule has 0 aromatic carbocycles. The summed E-state index contributed by atoms with van der Waals surface area (Å²) in [6.07, 6.45) is 5.89. The lowest BCUT2D eigenvalue weighted by molar-refractivity contribution is -0.126. The fourth-order valence-corrected chi connectivity index (χ4v) is 3.38. The number of aliphatic hydroxyl groups is 1. The fraction of sp³-hybridized carbons (Fsp3) is 0.500. The monoisotopic (exact) mass is 344 g/mol. The van der Waals surface area contributed by atoms with Gasteiger partial charge in [0.15, 0.2) is 5.76 Å². The van der Waals surface area contributed by atoms with E-state index >= 15 is 0 Å². The number of nitrogens with one attached hydrogen (secondary N) is 2. The van der Waals surface area contributed by atoms with Gasteiger partial charge in [0.1, 0.15) is 5.82 Å². The van der Waals surface area contributed by atoms with E-state index in [1.54, 1.807) is 13.2 Å². The largest absolute Gasteiger partial charge is 0.503 e. The van der Waals surface area contributed by atoms with Crippen molar-refractivity contribution in [2.45, 2.75) is 31.7 Å². The molecule has 0 unspecified atom stereocenters. The van der Waals surface area contributed by atoms with Crippen molar-refractivity contribution in [2.24, 2.45) is 5.92 Å². The number of hydrogen-bond acceptors (Lipinski definition) is 5. The van der Waals surface area contributed by atoms with Gasteiger partial charge >= 0.3 is 0 Å². The van der Waals surface area contributed by atoms with Crippen molar-refractivity contribution in [1.82, 2.24) is 15.2 Å². The zero-order valence-electron chi connectivity index (χ0n) is 14.4. The maximum atomic E-state index is 12.2. The van der Waals surface area contributed by atoms with Gasteiger partial charge in [-0.25, -0.2) is 4.98 Å². The SMILES string of the molecule is CN1CC(C(=O)NCC2CCC(Nc3ccccn3)CC2)=C(O)C1=O. The molecule has 0 atom stereocenters. The predicted octanol–water partition coefficient (Wildman–Crippen LogP) is 1.45. The minimum Gasteiger partial charge on any atom is -0.503 e. The Morgan fingerprint density at radius 2 is 2.08 bits per heavy atom. The second-order valence-electron chi connectivity index (χ2n) is 6.78. The van der Waals surface area contributed by atoms with Gasteiger partial charge in [-0.05, 0) is 43.7 Å². The molecule has 25 heavy (non-hydrogen) atoms. The quantitative estimate of drug-likeness (QED) is 0.752. The summed E-state index contributed by atoms with van der Waals surface area (Å²) in [4.78, 5) is 29.3. The van der Waals surface area contributed by atoms with Crippen LogP contribution in [0.15, 0.2) is 35.7 Å². The molecule has 2 aliphatic rings. The van der Waals surface area contributed by atoms with E-state index in [4.69, 9.17) is 0 Å². The Morgan fingerprint density at radius 3 is 2.68 bits per heavy atom. The maximum absolute atomic E-state index is 12.2. The summed E-state index contributed by atoms with van der Waals surface area (Å²) in [7, 11) is 1.56. The van der Waals surface area contributed by atoms with Crippen molar-refractivity contribution in [3.63, 3.8) is 0 Å². The predicted molar refractivity (Wildman–Crippen MR) is 93.9 cm³/mol. The van der Waals surface area contributed by atoms with Gasteiger partial charge in [-0.2, -0.15) is 0 Å². The van der Waals surface area contributed by atoms with Crippen molar-refractivity contribution in [1.29, 1.82) is 0 Å². The number of anilines is 1. The molecule has 1 aromatic heterocycles. The first-order chi connectivity index (χ1) is 12.0. The molecule has 1 saturated carbocycles. The molecule has 2 heterocycles. The molecule has 7 heteroatoms. The highest BCUT2D eigenvalue weighted by molar-refractivity contribution is 6.06. The topological polar surface area (TPSA) is 94.6 Å². The first-order valence-corrected chi connectivity index (χ1v) is 8.68. The molecule has 0 saturated heterocycles. The van der Waals surface area contributed by atoms with E-state index < -0.39 is 11.7 Å². The lowest BCUT2D eigenvalue weighted by atomic mass is 9.86. The van der Waals surface area contributed by atoms with Crippen LogP contribution in [0.25, 0.3) is 0 Å². The number of likely N-dealkylation sites (N-methyl/N-ethyl adjacent to an activating group) is 1. The van der Waals surface area contributed by atoms with Crippen LogP contribution in [-0.4, -0.2) is 53.0 Å². The number of amides is 2. The summed E-state index contributed by atoms with van der Waals surface area (Å²) in [6.45, 7) is 0.737. The molecule has 0 radical (unpaired) electrons. The third-order valence-electron chi connectivity index (χ3n) is 4.92. The maximum Gasteiger partial charge on any atom is 0.289 e. The van der Waals surface area contributed by atoms with Gasteiger partial charge in [-0.1, -0.05) is 6.07 Å². The molecule has 0 spiro atoms. The summed E-state index contributed by atoms with van der Waals surface area (Å²) in [5.41, 5.74) is 0.165. The number of rotatable bonds is 5. The molecular weight excluding hydrogens is 320 g/mol. The van der Waals surface area contributed by atoms with Crippen LogP contribution < -0.4 is 10.6 Å². The van der Waals surface area contributed by atoms with Crippen LogP contribution in [0.5, 0.6) is 0 Å². The second-order valence-corrected chi connectivity index (χ2v) is 6.78. The second kappa shape index (κ2) is 7.55. The molecule has 1 fully saturated rings. The summed E-state index contributed by atoms with van der Waals surface area (Å²) in [5, 5.41) is 16.0. The normalized spacial score (nSPS) is 23.7.